The molecule has 0 saturated heterocycles. The van der Waals surface area contributed by atoms with Crippen LogP contribution in [-0.2, 0) is 14.0 Å². The first kappa shape index (κ1) is 32.6. The molecule has 210 valence electrons. The number of benzene rings is 2. The van der Waals surface area contributed by atoms with E-state index < -0.39 is 8.32 Å². The summed E-state index contributed by atoms with van der Waals surface area (Å²) in [4.78, 5) is 11.5. The Hall–Kier alpha value is -3.57. The normalized spacial score (nSPS) is 12.1. The van der Waals surface area contributed by atoms with Gasteiger partial charge in [-0.25, -0.2) is 0 Å². The van der Waals surface area contributed by atoms with Crippen LogP contribution in [0.3, 0.4) is 0 Å². The molecule has 0 spiro atoms. The SMILES string of the molecule is CC/C=C\C/C=C\CC/C=C(\C#CC#CCCCO[Si](c1ccccc1)(c1ccccc1)C(C)(C)C)OC(C)=O. The zero-order valence-corrected chi connectivity index (χ0v) is 25.8. The van der Waals surface area contributed by atoms with Crippen LogP contribution < -0.4 is 10.4 Å². The number of rotatable bonds is 13. The number of unbranched alkanes of at least 4 members (excludes halogenated alkanes) is 2. The summed E-state index contributed by atoms with van der Waals surface area (Å²) in [5, 5.41) is 2.51. The number of carbonyl (C=O) groups is 1. The standard InChI is InChI=1S/C36H44O3Si/c1-6-7-8-9-10-11-13-18-25-33(39-32(2)37)26-19-14-12-15-24-31-38-40(36(3,4)5,34-27-20-16-21-28-34)35-29-22-17-23-30-35/h7-8,10-11,16-17,20-23,25,27-30H,6,9,13,15,18,24,31H2,1-5H3/b8-7-,11-10-,33-25+. The Kier molecular flexibility index (Phi) is 14.6. The zero-order valence-electron chi connectivity index (χ0n) is 24.8. The Bertz CT molecular complexity index is 1200. The fraction of sp³-hybridized carbons (Fsp3) is 0.361. The molecule has 0 saturated carbocycles. The van der Waals surface area contributed by atoms with Crippen molar-refractivity contribution in [2.45, 2.75) is 78.2 Å². The van der Waals surface area contributed by atoms with Gasteiger partial charge < -0.3 is 9.16 Å². The molecule has 2 aromatic rings. The van der Waals surface area contributed by atoms with Gasteiger partial charge in [0, 0.05) is 20.0 Å². The van der Waals surface area contributed by atoms with Crippen LogP contribution in [0.4, 0.5) is 0 Å². The average molecular weight is 553 g/mol. The van der Waals surface area contributed by atoms with Gasteiger partial charge in [-0.15, -0.1) is 0 Å². The maximum absolute atomic E-state index is 11.5. The largest absolute Gasteiger partial charge is 0.418 e. The van der Waals surface area contributed by atoms with Crippen molar-refractivity contribution in [3.63, 3.8) is 0 Å². The highest BCUT2D eigenvalue weighted by atomic mass is 28.4. The lowest BCUT2D eigenvalue weighted by Gasteiger charge is -2.43. The fourth-order valence-electron chi connectivity index (χ4n) is 4.49. The Morgan fingerprint density at radius 2 is 1.50 bits per heavy atom. The predicted octanol–water partition coefficient (Wildman–Crippen LogP) is 7.49. The Labute approximate surface area is 243 Å². The number of allylic oxidation sites excluding steroid dienone is 6. The Balaban J connectivity index is 2.00. The van der Waals surface area contributed by atoms with E-state index in [1.54, 1.807) is 0 Å². The molecular weight excluding hydrogens is 508 g/mol. The van der Waals surface area contributed by atoms with E-state index in [9.17, 15) is 4.79 Å². The molecule has 0 amide bonds. The highest BCUT2D eigenvalue weighted by molar-refractivity contribution is 6.99. The fourth-order valence-corrected chi connectivity index (χ4v) is 9.09. The molecule has 2 aromatic carbocycles. The minimum absolute atomic E-state index is 0.0474. The van der Waals surface area contributed by atoms with Crippen LogP contribution in [0.1, 0.15) is 73.1 Å². The van der Waals surface area contributed by atoms with Crippen molar-refractivity contribution in [2.24, 2.45) is 0 Å². The van der Waals surface area contributed by atoms with Crippen molar-refractivity contribution < 1.29 is 14.0 Å². The molecule has 4 heteroatoms. The molecule has 0 atom stereocenters. The van der Waals surface area contributed by atoms with Crippen LogP contribution in [-0.4, -0.2) is 20.9 Å². The molecule has 0 aliphatic carbocycles. The van der Waals surface area contributed by atoms with Gasteiger partial charge in [0.2, 0.25) is 0 Å². The third kappa shape index (κ3) is 10.9. The number of hydrogen-bond donors (Lipinski definition) is 0. The van der Waals surface area contributed by atoms with Gasteiger partial charge >= 0.3 is 5.97 Å². The summed E-state index contributed by atoms with van der Waals surface area (Å²) in [6.07, 6.45) is 15.5. The summed E-state index contributed by atoms with van der Waals surface area (Å²) in [5.41, 5.74) is 0. The molecule has 0 N–H and O–H groups in total. The third-order valence-electron chi connectivity index (χ3n) is 6.28. The number of carbonyl (C=O) groups excluding carboxylic acids is 1. The topological polar surface area (TPSA) is 35.5 Å². The first-order valence-electron chi connectivity index (χ1n) is 14.2. The summed E-state index contributed by atoms with van der Waals surface area (Å²) >= 11 is 0. The molecule has 0 fully saturated rings. The molecule has 0 aliphatic rings. The molecule has 3 nitrogen and oxygen atoms in total. The first-order chi connectivity index (χ1) is 19.3. The van der Waals surface area contributed by atoms with Gasteiger partial charge in [0.15, 0.2) is 5.76 Å². The van der Waals surface area contributed by atoms with Gasteiger partial charge in [-0.3, -0.25) is 4.79 Å². The van der Waals surface area contributed by atoms with Gasteiger partial charge in [-0.1, -0.05) is 119 Å². The van der Waals surface area contributed by atoms with Crippen molar-refractivity contribution in [3.05, 3.63) is 96.8 Å². The van der Waals surface area contributed by atoms with E-state index in [2.05, 4.69) is 136 Å². The smallest absolute Gasteiger partial charge is 0.308 e. The van der Waals surface area contributed by atoms with E-state index in [1.165, 1.54) is 17.3 Å². The monoisotopic (exact) mass is 552 g/mol. The molecule has 0 aliphatic heterocycles. The first-order valence-corrected chi connectivity index (χ1v) is 16.1. The minimum atomic E-state index is -2.52. The highest BCUT2D eigenvalue weighted by Crippen LogP contribution is 2.36. The molecule has 0 bridgehead atoms. The quantitative estimate of drug-likeness (QED) is 0.0645. The lowest BCUT2D eigenvalue weighted by Crippen LogP contribution is -2.66. The van der Waals surface area contributed by atoms with Crippen LogP contribution in [0.15, 0.2) is 96.8 Å². The second-order valence-electron chi connectivity index (χ2n) is 10.5. The Morgan fingerprint density at radius 1 is 0.875 bits per heavy atom. The van der Waals surface area contributed by atoms with Gasteiger partial charge in [0.05, 0.1) is 0 Å². The molecule has 40 heavy (non-hydrogen) atoms. The minimum Gasteiger partial charge on any atom is -0.418 e. The maximum Gasteiger partial charge on any atom is 0.308 e. The summed E-state index contributed by atoms with van der Waals surface area (Å²) in [5.74, 6) is 11.7. The van der Waals surface area contributed by atoms with Crippen molar-refractivity contribution in [1.82, 2.24) is 0 Å². The lowest BCUT2D eigenvalue weighted by atomic mass is 10.2. The van der Waals surface area contributed by atoms with Crippen molar-refractivity contribution in [1.29, 1.82) is 0 Å². The molecule has 0 radical (unpaired) electrons. The average Bonchev–Trinajstić information content (AvgIpc) is 2.93. The van der Waals surface area contributed by atoms with E-state index >= 15 is 0 Å². The molecule has 2 rings (SSSR count). The highest BCUT2D eigenvalue weighted by Gasteiger charge is 2.49. The summed E-state index contributed by atoms with van der Waals surface area (Å²) in [6.45, 7) is 11.0. The van der Waals surface area contributed by atoms with Crippen LogP contribution in [0, 0.1) is 23.7 Å². The molecular formula is C36H44O3Si. The van der Waals surface area contributed by atoms with E-state index in [-0.39, 0.29) is 11.0 Å². The van der Waals surface area contributed by atoms with Crippen LogP contribution >= 0.6 is 0 Å². The maximum atomic E-state index is 11.5. The molecule has 0 unspecified atom stereocenters. The zero-order chi connectivity index (χ0) is 29.1. The molecule has 0 heterocycles. The van der Waals surface area contributed by atoms with E-state index in [0.29, 0.717) is 18.8 Å². The van der Waals surface area contributed by atoms with Crippen LogP contribution in [0.5, 0.6) is 0 Å². The van der Waals surface area contributed by atoms with Crippen molar-refractivity contribution >= 4 is 24.7 Å². The summed E-state index contributed by atoms with van der Waals surface area (Å²) in [6, 6.07) is 21.3. The van der Waals surface area contributed by atoms with Gasteiger partial charge in [-0.2, -0.15) is 0 Å². The van der Waals surface area contributed by atoms with Crippen LogP contribution in [0.2, 0.25) is 5.04 Å². The Morgan fingerprint density at radius 3 is 2.08 bits per heavy atom. The van der Waals surface area contributed by atoms with Crippen molar-refractivity contribution in [2.75, 3.05) is 6.61 Å². The predicted molar refractivity (Wildman–Crippen MR) is 171 cm³/mol. The van der Waals surface area contributed by atoms with Gasteiger partial charge in [0.1, 0.15) is 0 Å². The number of ether oxygens (including phenoxy) is 1. The van der Waals surface area contributed by atoms with Gasteiger partial charge in [-0.05, 0) is 71.4 Å². The number of hydrogen-bond acceptors (Lipinski definition) is 3. The van der Waals surface area contributed by atoms with E-state index in [4.69, 9.17) is 9.16 Å². The molecule has 0 aromatic heterocycles. The van der Waals surface area contributed by atoms with Crippen molar-refractivity contribution in [3.8, 4) is 23.7 Å². The third-order valence-corrected chi connectivity index (χ3v) is 11.3. The van der Waals surface area contributed by atoms with Gasteiger partial charge in [0.25, 0.3) is 8.32 Å². The van der Waals surface area contributed by atoms with E-state index in [0.717, 1.165) is 32.1 Å². The van der Waals surface area contributed by atoms with Crippen LogP contribution in [0.25, 0.3) is 0 Å². The van der Waals surface area contributed by atoms with E-state index in [1.807, 2.05) is 6.08 Å². The number of esters is 1. The summed E-state index contributed by atoms with van der Waals surface area (Å²) in [7, 11) is -2.52. The lowest BCUT2D eigenvalue weighted by molar-refractivity contribution is -0.136. The summed E-state index contributed by atoms with van der Waals surface area (Å²) < 4.78 is 12.1. The second kappa shape index (κ2) is 17.9. The second-order valence-corrected chi connectivity index (χ2v) is 14.8.